The topological polar surface area (TPSA) is 66.3 Å². The van der Waals surface area contributed by atoms with Crippen LogP contribution in [0.15, 0.2) is 21.9 Å². The molecule has 20 heavy (non-hydrogen) atoms. The molecule has 1 N–H and O–H groups in total. The molecule has 0 unspecified atom stereocenters. The Labute approximate surface area is 128 Å². The van der Waals surface area contributed by atoms with Crippen LogP contribution in [-0.4, -0.2) is 33.1 Å². The highest BCUT2D eigenvalue weighted by atomic mass is 32.2. The fourth-order valence-corrected chi connectivity index (χ4v) is 4.14. The van der Waals surface area contributed by atoms with Gasteiger partial charge in [0.25, 0.3) is 0 Å². The minimum Gasteiger partial charge on any atom is -0.481 e. The van der Waals surface area contributed by atoms with Crippen LogP contribution in [-0.2, 0) is 11.3 Å². The van der Waals surface area contributed by atoms with Gasteiger partial charge in [0, 0.05) is 10.9 Å². The van der Waals surface area contributed by atoms with E-state index in [-0.39, 0.29) is 5.75 Å². The molecule has 2 aromatic heterocycles. The van der Waals surface area contributed by atoms with E-state index in [1.54, 1.807) is 11.3 Å². The number of carboxylic acids is 1. The predicted molar refractivity (Wildman–Crippen MR) is 81.8 cm³/mol. The lowest BCUT2D eigenvalue weighted by molar-refractivity contribution is -0.133. The number of rotatable bonds is 7. The number of anilines is 1. The van der Waals surface area contributed by atoms with Crippen LogP contribution in [0.3, 0.4) is 0 Å². The highest BCUT2D eigenvalue weighted by molar-refractivity contribution is 8.01. The summed E-state index contributed by atoms with van der Waals surface area (Å²) in [4.78, 5) is 14.2. The molecule has 1 fully saturated rings. The van der Waals surface area contributed by atoms with E-state index in [4.69, 9.17) is 5.11 Å². The minimum absolute atomic E-state index is 0.0307. The molecule has 0 aromatic carbocycles. The number of carboxylic acid groups (broad SMARTS) is 1. The van der Waals surface area contributed by atoms with Crippen molar-refractivity contribution in [2.45, 2.75) is 29.8 Å². The third kappa shape index (κ3) is 3.50. The van der Waals surface area contributed by atoms with Gasteiger partial charge in [-0.1, -0.05) is 29.2 Å². The highest BCUT2D eigenvalue weighted by Gasteiger charge is 2.31. The largest absolute Gasteiger partial charge is 0.481 e. The lowest BCUT2D eigenvalue weighted by Crippen LogP contribution is -2.24. The Hall–Kier alpha value is -1.12. The minimum atomic E-state index is -0.829. The number of aliphatic carboxylic acids is 1. The smallest absolute Gasteiger partial charge is 0.313 e. The molecule has 0 spiro atoms. The molecule has 0 radical (unpaired) electrons. The van der Waals surface area contributed by atoms with Crippen molar-refractivity contribution in [1.29, 1.82) is 0 Å². The average Bonchev–Trinajstić information content (AvgIpc) is 2.95. The molecule has 1 aliphatic carbocycles. The number of thiophene rings is 1. The fraction of sp³-hybridized carbons (Fsp3) is 0.417. The van der Waals surface area contributed by atoms with Crippen molar-refractivity contribution in [3.63, 3.8) is 0 Å². The van der Waals surface area contributed by atoms with Crippen molar-refractivity contribution >= 4 is 45.5 Å². The van der Waals surface area contributed by atoms with Crippen molar-refractivity contribution < 1.29 is 9.90 Å². The van der Waals surface area contributed by atoms with Crippen LogP contribution in [0.2, 0.25) is 0 Å². The Morgan fingerprint density at radius 2 is 2.35 bits per heavy atom. The summed E-state index contributed by atoms with van der Waals surface area (Å²) in [5, 5.41) is 20.0. The Morgan fingerprint density at radius 1 is 1.50 bits per heavy atom. The van der Waals surface area contributed by atoms with Crippen LogP contribution >= 0.6 is 34.4 Å². The molecule has 8 heteroatoms. The quantitative estimate of drug-likeness (QED) is 0.789. The average molecular weight is 327 g/mol. The van der Waals surface area contributed by atoms with Gasteiger partial charge in [0.2, 0.25) is 5.13 Å². The summed E-state index contributed by atoms with van der Waals surface area (Å²) in [5.74, 6) is -0.799. The Bertz CT molecular complexity index is 581. The van der Waals surface area contributed by atoms with Crippen molar-refractivity contribution in [2.24, 2.45) is 0 Å². The van der Waals surface area contributed by atoms with E-state index in [2.05, 4.69) is 32.6 Å². The summed E-state index contributed by atoms with van der Waals surface area (Å²) in [6, 6.07) is 4.74. The van der Waals surface area contributed by atoms with Gasteiger partial charge in [-0.3, -0.25) is 4.79 Å². The first-order valence-corrected chi connectivity index (χ1v) is 8.87. The van der Waals surface area contributed by atoms with E-state index < -0.39 is 5.97 Å². The van der Waals surface area contributed by atoms with Crippen LogP contribution < -0.4 is 4.90 Å². The zero-order valence-corrected chi connectivity index (χ0v) is 13.0. The number of nitrogens with zero attached hydrogens (tertiary/aromatic N) is 3. The lowest BCUT2D eigenvalue weighted by Gasteiger charge is -2.19. The van der Waals surface area contributed by atoms with Gasteiger partial charge in [-0.15, -0.1) is 21.5 Å². The molecule has 1 saturated carbocycles. The van der Waals surface area contributed by atoms with Gasteiger partial charge in [0.1, 0.15) is 0 Å². The molecule has 2 aromatic rings. The molecule has 0 atom stereocenters. The van der Waals surface area contributed by atoms with E-state index in [0.29, 0.717) is 6.04 Å². The standard InChI is InChI=1S/C12H13N3O2S3/c16-10(17)7-19-12-14-13-11(20-12)15(8-3-4-8)6-9-2-1-5-18-9/h1-2,5,8H,3-4,6-7H2,(H,16,17). The van der Waals surface area contributed by atoms with Gasteiger partial charge in [-0.05, 0) is 24.3 Å². The molecule has 106 valence electrons. The van der Waals surface area contributed by atoms with Gasteiger partial charge in [-0.2, -0.15) is 0 Å². The van der Waals surface area contributed by atoms with E-state index in [1.165, 1.54) is 40.8 Å². The zero-order valence-electron chi connectivity index (χ0n) is 10.6. The molecular formula is C12H13N3O2S3. The van der Waals surface area contributed by atoms with Crippen LogP contribution in [0.5, 0.6) is 0 Å². The number of carbonyl (C=O) groups is 1. The Balaban J connectivity index is 1.69. The Morgan fingerprint density at radius 3 is 3.00 bits per heavy atom. The predicted octanol–water partition coefficient (Wildman–Crippen LogP) is 2.95. The summed E-state index contributed by atoms with van der Waals surface area (Å²) in [7, 11) is 0. The number of hydrogen-bond acceptors (Lipinski definition) is 7. The molecule has 5 nitrogen and oxygen atoms in total. The highest BCUT2D eigenvalue weighted by Crippen LogP contribution is 2.37. The maximum absolute atomic E-state index is 10.6. The van der Waals surface area contributed by atoms with Crippen LogP contribution in [0, 0.1) is 0 Å². The zero-order chi connectivity index (χ0) is 13.9. The van der Waals surface area contributed by atoms with Gasteiger partial charge < -0.3 is 10.0 Å². The lowest BCUT2D eigenvalue weighted by atomic mass is 10.4. The van der Waals surface area contributed by atoms with Crippen LogP contribution in [0.1, 0.15) is 17.7 Å². The monoisotopic (exact) mass is 327 g/mol. The van der Waals surface area contributed by atoms with Crippen molar-refractivity contribution in [3.8, 4) is 0 Å². The van der Waals surface area contributed by atoms with Crippen molar-refractivity contribution in [3.05, 3.63) is 22.4 Å². The third-order valence-corrected chi connectivity index (χ3v) is 5.79. The van der Waals surface area contributed by atoms with E-state index in [1.807, 2.05) is 0 Å². The van der Waals surface area contributed by atoms with E-state index >= 15 is 0 Å². The van der Waals surface area contributed by atoms with Gasteiger partial charge >= 0.3 is 5.97 Å². The normalized spacial score (nSPS) is 14.4. The first kappa shape index (κ1) is 13.8. The van der Waals surface area contributed by atoms with Gasteiger partial charge in [-0.25, -0.2) is 0 Å². The summed E-state index contributed by atoms with van der Waals surface area (Å²) in [6.07, 6.45) is 2.39. The SMILES string of the molecule is O=C(O)CSc1nnc(N(Cc2cccs2)C2CC2)s1. The molecule has 0 aliphatic heterocycles. The Kier molecular flexibility index (Phi) is 4.23. The number of aromatic nitrogens is 2. The van der Waals surface area contributed by atoms with Gasteiger partial charge in [0.15, 0.2) is 4.34 Å². The molecule has 3 rings (SSSR count). The maximum Gasteiger partial charge on any atom is 0.313 e. The molecule has 1 aliphatic rings. The molecule has 0 bridgehead atoms. The van der Waals surface area contributed by atoms with Crippen LogP contribution in [0.4, 0.5) is 5.13 Å². The van der Waals surface area contributed by atoms with Crippen molar-refractivity contribution in [2.75, 3.05) is 10.7 Å². The molecule has 0 saturated heterocycles. The summed E-state index contributed by atoms with van der Waals surface area (Å²) < 4.78 is 0.722. The van der Waals surface area contributed by atoms with E-state index in [9.17, 15) is 4.79 Å². The first-order valence-electron chi connectivity index (χ1n) is 6.19. The van der Waals surface area contributed by atoms with Gasteiger partial charge in [0.05, 0.1) is 12.3 Å². The summed E-state index contributed by atoms with van der Waals surface area (Å²) >= 11 is 4.45. The summed E-state index contributed by atoms with van der Waals surface area (Å²) in [5.41, 5.74) is 0. The third-order valence-electron chi connectivity index (χ3n) is 2.85. The molecular weight excluding hydrogens is 314 g/mol. The molecule has 2 heterocycles. The second kappa shape index (κ2) is 6.11. The number of thioether (sulfide) groups is 1. The molecule has 0 amide bonds. The second-order valence-electron chi connectivity index (χ2n) is 4.47. The van der Waals surface area contributed by atoms with E-state index in [0.717, 1.165) is 16.0 Å². The second-order valence-corrected chi connectivity index (χ2v) is 7.68. The number of hydrogen-bond donors (Lipinski definition) is 1. The van der Waals surface area contributed by atoms with Crippen LogP contribution in [0.25, 0.3) is 0 Å². The maximum atomic E-state index is 10.6. The fourth-order valence-electron chi connectivity index (χ4n) is 1.81. The summed E-state index contributed by atoms with van der Waals surface area (Å²) in [6.45, 7) is 0.862. The first-order chi connectivity index (χ1) is 9.72. The van der Waals surface area contributed by atoms with Crippen molar-refractivity contribution in [1.82, 2.24) is 10.2 Å².